The van der Waals surface area contributed by atoms with Gasteiger partial charge in [-0.05, 0) is 25.5 Å². The van der Waals surface area contributed by atoms with E-state index in [1.807, 2.05) is 42.2 Å². The highest BCUT2D eigenvalue weighted by molar-refractivity contribution is 6.40. The van der Waals surface area contributed by atoms with Gasteiger partial charge in [0.2, 0.25) is 5.91 Å². The van der Waals surface area contributed by atoms with Gasteiger partial charge in [-0.3, -0.25) is 9.59 Å². The van der Waals surface area contributed by atoms with Gasteiger partial charge in [0.25, 0.3) is 5.91 Å². The Morgan fingerprint density at radius 3 is 2.79 bits per heavy atom. The minimum absolute atomic E-state index is 0.0715. The number of carbonyl (C=O) groups is 2. The zero-order chi connectivity index (χ0) is 16.9. The van der Waals surface area contributed by atoms with Crippen LogP contribution in [0.25, 0.3) is 0 Å². The summed E-state index contributed by atoms with van der Waals surface area (Å²) in [6, 6.07) is 9.24. The van der Waals surface area contributed by atoms with E-state index >= 15 is 0 Å². The fraction of sp³-hybridized carbons (Fsp3) is 0.500. The molecule has 24 heavy (non-hydrogen) atoms. The highest BCUT2D eigenvalue weighted by Crippen LogP contribution is 2.21. The zero-order valence-electron chi connectivity index (χ0n) is 14.0. The summed E-state index contributed by atoms with van der Waals surface area (Å²) in [4.78, 5) is 26.8. The fourth-order valence-electron chi connectivity index (χ4n) is 3.06. The van der Waals surface area contributed by atoms with Crippen LogP contribution in [0.5, 0.6) is 0 Å². The van der Waals surface area contributed by atoms with Gasteiger partial charge in [0, 0.05) is 38.5 Å². The molecule has 2 aliphatic heterocycles. The summed E-state index contributed by atoms with van der Waals surface area (Å²) in [5.74, 6) is 0.243. The number of para-hydroxylation sites is 1. The molecule has 6 nitrogen and oxygen atoms in total. The molecule has 6 heteroatoms. The van der Waals surface area contributed by atoms with Crippen LogP contribution in [0.3, 0.4) is 0 Å². The van der Waals surface area contributed by atoms with Gasteiger partial charge in [-0.1, -0.05) is 18.2 Å². The number of nitrogens with zero attached hydrogens (tertiary/aromatic N) is 3. The van der Waals surface area contributed by atoms with E-state index in [1.165, 1.54) is 5.01 Å². The predicted octanol–water partition coefficient (Wildman–Crippen LogP) is 2.05. The molecule has 1 aromatic rings. The summed E-state index contributed by atoms with van der Waals surface area (Å²) >= 11 is 0. The maximum Gasteiger partial charge on any atom is 0.270 e. The molecule has 0 N–H and O–H groups in total. The Morgan fingerprint density at radius 2 is 2.12 bits per heavy atom. The van der Waals surface area contributed by atoms with Crippen molar-refractivity contribution in [2.24, 2.45) is 11.0 Å². The SMILES string of the molecule is CCN(CC1CCOC1)C(=O)C1=NN(c2ccccc2)C(=O)CC1. The summed E-state index contributed by atoms with van der Waals surface area (Å²) < 4.78 is 5.40. The molecule has 0 aromatic heterocycles. The summed E-state index contributed by atoms with van der Waals surface area (Å²) in [5, 5.41) is 5.70. The van der Waals surface area contributed by atoms with Crippen molar-refractivity contribution in [3.63, 3.8) is 0 Å². The van der Waals surface area contributed by atoms with Crippen molar-refractivity contribution in [3.8, 4) is 0 Å². The Bertz CT molecular complexity index is 624. The molecule has 0 bridgehead atoms. The number of carbonyl (C=O) groups excluding carboxylic acids is 2. The van der Waals surface area contributed by atoms with E-state index in [0.717, 1.165) is 13.0 Å². The van der Waals surface area contributed by atoms with Crippen LogP contribution in [0.2, 0.25) is 0 Å². The highest BCUT2D eigenvalue weighted by atomic mass is 16.5. The van der Waals surface area contributed by atoms with E-state index in [9.17, 15) is 9.59 Å². The monoisotopic (exact) mass is 329 g/mol. The van der Waals surface area contributed by atoms with Crippen LogP contribution < -0.4 is 5.01 Å². The minimum Gasteiger partial charge on any atom is -0.381 e. The van der Waals surface area contributed by atoms with Crippen molar-refractivity contribution < 1.29 is 14.3 Å². The second-order valence-corrected chi connectivity index (χ2v) is 6.16. The second kappa shape index (κ2) is 7.57. The third-order valence-corrected chi connectivity index (χ3v) is 4.45. The van der Waals surface area contributed by atoms with Crippen LogP contribution in [0.1, 0.15) is 26.2 Å². The standard InChI is InChI=1S/C18H23N3O3/c1-2-20(12-14-10-11-24-13-14)18(23)16-8-9-17(22)21(19-16)15-6-4-3-5-7-15/h3-7,14H,2,8-13H2,1H3. The molecule has 0 saturated carbocycles. The average molecular weight is 329 g/mol. The predicted molar refractivity (Wildman–Crippen MR) is 91.8 cm³/mol. The topological polar surface area (TPSA) is 62.2 Å². The molecule has 0 aliphatic carbocycles. The molecular weight excluding hydrogens is 306 g/mol. The average Bonchev–Trinajstić information content (AvgIpc) is 3.13. The first-order valence-corrected chi connectivity index (χ1v) is 8.51. The maximum atomic E-state index is 12.8. The van der Waals surface area contributed by atoms with Crippen molar-refractivity contribution in [3.05, 3.63) is 30.3 Å². The lowest BCUT2D eigenvalue weighted by molar-refractivity contribution is -0.124. The highest BCUT2D eigenvalue weighted by Gasteiger charge is 2.29. The van der Waals surface area contributed by atoms with Crippen LogP contribution in [0, 0.1) is 5.92 Å². The summed E-state index contributed by atoms with van der Waals surface area (Å²) in [6.07, 6.45) is 1.70. The number of rotatable bonds is 5. The van der Waals surface area contributed by atoms with E-state index in [2.05, 4.69) is 5.10 Å². The van der Waals surface area contributed by atoms with Gasteiger partial charge < -0.3 is 9.64 Å². The molecule has 1 fully saturated rings. The molecule has 2 amide bonds. The van der Waals surface area contributed by atoms with Crippen molar-refractivity contribution in [2.45, 2.75) is 26.2 Å². The molecule has 0 radical (unpaired) electrons. The van der Waals surface area contributed by atoms with Gasteiger partial charge in [0.05, 0.1) is 12.3 Å². The van der Waals surface area contributed by atoms with Crippen LogP contribution >= 0.6 is 0 Å². The summed E-state index contributed by atoms with van der Waals surface area (Å²) in [5.41, 5.74) is 1.15. The van der Waals surface area contributed by atoms with Crippen LogP contribution in [-0.2, 0) is 14.3 Å². The molecule has 3 rings (SSSR count). The van der Waals surface area contributed by atoms with Crippen LogP contribution in [-0.4, -0.2) is 48.7 Å². The smallest absolute Gasteiger partial charge is 0.270 e. The Kier molecular flexibility index (Phi) is 5.25. The normalized spacial score (nSPS) is 20.9. The first-order valence-electron chi connectivity index (χ1n) is 8.51. The van der Waals surface area contributed by atoms with Gasteiger partial charge >= 0.3 is 0 Å². The van der Waals surface area contributed by atoms with E-state index < -0.39 is 0 Å². The number of amides is 2. The first kappa shape index (κ1) is 16.6. The number of hydrazone groups is 1. The van der Waals surface area contributed by atoms with E-state index in [-0.39, 0.29) is 11.8 Å². The lowest BCUT2D eigenvalue weighted by Crippen LogP contribution is -2.43. The molecule has 0 spiro atoms. The van der Waals surface area contributed by atoms with Gasteiger partial charge in [-0.2, -0.15) is 5.10 Å². The minimum atomic E-state index is -0.0787. The van der Waals surface area contributed by atoms with Gasteiger partial charge in [-0.25, -0.2) is 5.01 Å². The maximum absolute atomic E-state index is 12.8. The van der Waals surface area contributed by atoms with Crippen molar-refractivity contribution in [1.29, 1.82) is 0 Å². The van der Waals surface area contributed by atoms with Crippen LogP contribution in [0.4, 0.5) is 5.69 Å². The quantitative estimate of drug-likeness (QED) is 0.830. The molecular formula is C18H23N3O3. The first-order chi connectivity index (χ1) is 11.7. The second-order valence-electron chi connectivity index (χ2n) is 6.16. The molecule has 2 heterocycles. The number of hydrogen-bond donors (Lipinski definition) is 0. The van der Waals surface area contributed by atoms with Gasteiger partial charge in [0.15, 0.2) is 0 Å². The largest absolute Gasteiger partial charge is 0.381 e. The van der Waals surface area contributed by atoms with Gasteiger partial charge in [-0.15, -0.1) is 0 Å². The lowest BCUT2D eigenvalue weighted by atomic mass is 10.1. The lowest BCUT2D eigenvalue weighted by Gasteiger charge is -2.28. The van der Waals surface area contributed by atoms with Crippen molar-refractivity contribution in [1.82, 2.24) is 4.90 Å². The molecule has 128 valence electrons. The Balaban J connectivity index is 1.76. The molecule has 1 atom stereocenters. The number of ether oxygens (including phenoxy) is 1. The van der Waals surface area contributed by atoms with Gasteiger partial charge in [0.1, 0.15) is 5.71 Å². The number of anilines is 1. The fourth-order valence-corrected chi connectivity index (χ4v) is 3.06. The van der Waals surface area contributed by atoms with Crippen molar-refractivity contribution >= 4 is 23.2 Å². The van der Waals surface area contributed by atoms with Crippen LogP contribution in [0.15, 0.2) is 35.4 Å². The summed E-state index contributed by atoms with van der Waals surface area (Å²) in [7, 11) is 0. The third kappa shape index (κ3) is 3.64. The molecule has 1 aromatic carbocycles. The van der Waals surface area contributed by atoms with E-state index in [1.54, 1.807) is 0 Å². The third-order valence-electron chi connectivity index (χ3n) is 4.45. The van der Waals surface area contributed by atoms with E-state index in [0.29, 0.717) is 49.9 Å². The number of benzene rings is 1. The Morgan fingerprint density at radius 1 is 1.33 bits per heavy atom. The Labute approximate surface area is 142 Å². The Hall–Kier alpha value is -2.21. The van der Waals surface area contributed by atoms with Crippen molar-refractivity contribution in [2.75, 3.05) is 31.3 Å². The van der Waals surface area contributed by atoms with E-state index in [4.69, 9.17) is 4.74 Å². The molecule has 2 aliphatic rings. The molecule has 1 saturated heterocycles. The molecule has 1 unspecified atom stereocenters. The number of hydrogen-bond acceptors (Lipinski definition) is 4. The zero-order valence-corrected chi connectivity index (χ0v) is 14.0. The summed E-state index contributed by atoms with van der Waals surface area (Å²) in [6.45, 7) is 4.77.